The van der Waals surface area contributed by atoms with E-state index in [0.29, 0.717) is 0 Å². The third-order valence-corrected chi connectivity index (χ3v) is 3.19. The van der Waals surface area contributed by atoms with E-state index in [1.165, 1.54) is 19.3 Å². The maximum absolute atomic E-state index is 2.40. The Hall–Kier alpha value is 0. The van der Waals surface area contributed by atoms with Gasteiger partial charge in [0.1, 0.15) is 0 Å². The smallest absolute Gasteiger partial charge is 0.0357 e. The summed E-state index contributed by atoms with van der Waals surface area (Å²) in [5.41, 5.74) is 0. The second-order valence-electron chi connectivity index (χ2n) is 4.21. The van der Waals surface area contributed by atoms with E-state index in [0.717, 1.165) is 23.7 Å². The van der Waals surface area contributed by atoms with Crippen LogP contribution in [-0.2, 0) is 0 Å². The zero-order valence-electron chi connectivity index (χ0n) is 6.43. The minimum absolute atomic E-state index is 1.06. The Morgan fingerprint density at radius 3 is 1.89 bits per heavy atom. The average molecular weight is 124 g/mol. The highest BCUT2D eigenvalue weighted by molar-refractivity contribution is 4.93. The number of hydrogen-bond donors (Lipinski definition) is 0. The van der Waals surface area contributed by atoms with Gasteiger partial charge in [0.25, 0.3) is 0 Å². The maximum atomic E-state index is 2.40. The van der Waals surface area contributed by atoms with Gasteiger partial charge in [0.05, 0.1) is 0 Å². The summed E-state index contributed by atoms with van der Waals surface area (Å²) in [6.07, 6.45) is 4.61. The van der Waals surface area contributed by atoms with E-state index in [1.807, 2.05) is 0 Å². The van der Waals surface area contributed by atoms with Crippen LogP contribution in [0.4, 0.5) is 0 Å². The molecule has 0 aromatic heterocycles. The molecule has 0 amide bonds. The largest absolute Gasteiger partial charge is 0.0625 e. The van der Waals surface area contributed by atoms with Gasteiger partial charge in [-0.25, -0.2) is 0 Å². The molecular formula is C9H16. The van der Waals surface area contributed by atoms with E-state index in [-0.39, 0.29) is 0 Å². The zero-order chi connectivity index (χ0) is 6.43. The topological polar surface area (TPSA) is 0 Å². The van der Waals surface area contributed by atoms with Crippen molar-refractivity contribution in [1.29, 1.82) is 0 Å². The van der Waals surface area contributed by atoms with Gasteiger partial charge in [-0.3, -0.25) is 0 Å². The molecule has 0 heterocycles. The summed E-state index contributed by atoms with van der Waals surface area (Å²) in [6, 6.07) is 0. The molecule has 0 radical (unpaired) electrons. The normalized spacial score (nSPS) is 56.7. The Morgan fingerprint density at radius 1 is 1.00 bits per heavy atom. The van der Waals surface area contributed by atoms with Crippen molar-refractivity contribution in [2.75, 3.05) is 0 Å². The number of rotatable bonds is 1. The van der Waals surface area contributed by atoms with Crippen LogP contribution in [0.1, 0.15) is 33.1 Å². The third-order valence-electron chi connectivity index (χ3n) is 3.19. The van der Waals surface area contributed by atoms with E-state index in [9.17, 15) is 0 Å². The fourth-order valence-electron chi connectivity index (χ4n) is 2.32. The summed E-state index contributed by atoms with van der Waals surface area (Å²) in [4.78, 5) is 0. The van der Waals surface area contributed by atoms with Crippen LogP contribution in [0, 0.1) is 23.7 Å². The molecule has 2 aliphatic rings. The summed E-state index contributed by atoms with van der Waals surface area (Å²) >= 11 is 0. The first-order chi connectivity index (χ1) is 4.27. The number of hydrogen-bond acceptors (Lipinski definition) is 0. The molecule has 0 aromatic carbocycles. The Kier molecular flexibility index (Phi) is 1.12. The van der Waals surface area contributed by atoms with Gasteiger partial charge in [-0.05, 0) is 42.9 Å². The van der Waals surface area contributed by atoms with Crippen molar-refractivity contribution in [2.45, 2.75) is 33.1 Å². The fourth-order valence-corrected chi connectivity index (χ4v) is 2.32. The lowest BCUT2D eigenvalue weighted by molar-refractivity contribution is 0.179. The molecule has 2 rings (SSSR count). The third kappa shape index (κ3) is 0.889. The van der Waals surface area contributed by atoms with Gasteiger partial charge in [-0.15, -0.1) is 0 Å². The molecule has 0 saturated heterocycles. The van der Waals surface area contributed by atoms with Crippen molar-refractivity contribution in [1.82, 2.24) is 0 Å². The van der Waals surface area contributed by atoms with Crippen LogP contribution >= 0.6 is 0 Å². The van der Waals surface area contributed by atoms with Crippen molar-refractivity contribution in [3.63, 3.8) is 0 Å². The molecule has 0 N–H and O–H groups in total. The summed E-state index contributed by atoms with van der Waals surface area (Å²) in [5.74, 6) is 4.45. The van der Waals surface area contributed by atoms with Crippen molar-refractivity contribution in [3.8, 4) is 0 Å². The van der Waals surface area contributed by atoms with Crippen molar-refractivity contribution in [3.05, 3.63) is 0 Å². The first-order valence-electron chi connectivity index (χ1n) is 4.27. The first kappa shape index (κ1) is 5.76. The molecule has 2 fully saturated rings. The molecule has 52 valence electrons. The minimum Gasteiger partial charge on any atom is -0.0625 e. The predicted molar refractivity (Wildman–Crippen MR) is 39.2 cm³/mol. The van der Waals surface area contributed by atoms with Crippen LogP contribution in [0.3, 0.4) is 0 Å². The Morgan fingerprint density at radius 2 is 1.56 bits per heavy atom. The van der Waals surface area contributed by atoms with E-state index >= 15 is 0 Å². The van der Waals surface area contributed by atoms with E-state index in [4.69, 9.17) is 0 Å². The van der Waals surface area contributed by atoms with Crippen LogP contribution in [0.15, 0.2) is 0 Å². The Labute approximate surface area is 57.6 Å². The molecule has 0 bridgehead atoms. The highest BCUT2D eigenvalue weighted by atomic mass is 14.5. The van der Waals surface area contributed by atoms with Gasteiger partial charge >= 0.3 is 0 Å². The molecular weight excluding hydrogens is 108 g/mol. The second kappa shape index (κ2) is 1.74. The summed E-state index contributed by atoms with van der Waals surface area (Å²) in [7, 11) is 0. The molecule has 2 saturated carbocycles. The van der Waals surface area contributed by atoms with Crippen LogP contribution in [-0.4, -0.2) is 0 Å². The molecule has 0 aromatic rings. The van der Waals surface area contributed by atoms with Gasteiger partial charge in [0.15, 0.2) is 0 Å². The van der Waals surface area contributed by atoms with Gasteiger partial charge in [-0.2, -0.15) is 0 Å². The highest BCUT2D eigenvalue weighted by Gasteiger charge is 2.43. The van der Waals surface area contributed by atoms with Crippen LogP contribution in [0.5, 0.6) is 0 Å². The first-order valence-corrected chi connectivity index (χ1v) is 4.27. The Balaban J connectivity index is 1.78. The van der Waals surface area contributed by atoms with Gasteiger partial charge in [0, 0.05) is 0 Å². The lowest BCUT2D eigenvalue weighted by Gasteiger charge is -2.33. The molecule has 2 atom stereocenters. The molecule has 2 unspecified atom stereocenters. The molecule has 0 aliphatic heterocycles. The summed E-state index contributed by atoms with van der Waals surface area (Å²) in [6.45, 7) is 4.78. The van der Waals surface area contributed by atoms with Gasteiger partial charge < -0.3 is 0 Å². The monoisotopic (exact) mass is 124 g/mol. The molecule has 0 spiro atoms. The van der Waals surface area contributed by atoms with Crippen LogP contribution in [0.25, 0.3) is 0 Å². The van der Waals surface area contributed by atoms with Gasteiger partial charge in [-0.1, -0.05) is 13.8 Å². The minimum atomic E-state index is 1.06. The SMILES string of the molecule is CC1CC(C2CC2C)C1. The predicted octanol–water partition coefficient (Wildman–Crippen LogP) is 2.69. The van der Waals surface area contributed by atoms with Crippen LogP contribution < -0.4 is 0 Å². The van der Waals surface area contributed by atoms with Crippen LogP contribution in [0.2, 0.25) is 0 Å². The van der Waals surface area contributed by atoms with Crippen molar-refractivity contribution >= 4 is 0 Å². The molecule has 0 nitrogen and oxygen atoms in total. The van der Waals surface area contributed by atoms with Crippen molar-refractivity contribution in [2.24, 2.45) is 23.7 Å². The fraction of sp³-hybridized carbons (Fsp3) is 1.00. The lowest BCUT2D eigenvalue weighted by atomic mass is 9.73. The maximum Gasteiger partial charge on any atom is -0.0357 e. The second-order valence-corrected chi connectivity index (χ2v) is 4.21. The van der Waals surface area contributed by atoms with Gasteiger partial charge in [0.2, 0.25) is 0 Å². The average Bonchev–Trinajstić information content (AvgIpc) is 2.38. The standard InChI is InChI=1S/C9H16/c1-6-3-8(4-6)9-5-7(9)2/h6-9H,3-5H2,1-2H3. The lowest BCUT2D eigenvalue weighted by Crippen LogP contribution is -2.22. The van der Waals surface area contributed by atoms with E-state index in [1.54, 1.807) is 0 Å². The highest BCUT2D eigenvalue weighted by Crippen LogP contribution is 2.52. The van der Waals surface area contributed by atoms with Crippen molar-refractivity contribution < 1.29 is 0 Å². The molecule has 9 heavy (non-hydrogen) atoms. The van der Waals surface area contributed by atoms with E-state index in [2.05, 4.69) is 13.8 Å². The molecule has 0 heteroatoms. The molecule has 2 aliphatic carbocycles. The summed E-state index contributed by atoms with van der Waals surface area (Å²) in [5, 5.41) is 0. The quantitative estimate of drug-likeness (QED) is 0.504. The summed E-state index contributed by atoms with van der Waals surface area (Å²) < 4.78 is 0. The zero-order valence-corrected chi connectivity index (χ0v) is 6.43. The van der Waals surface area contributed by atoms with E-state index < -0.39 is 0 Å². The Bertz CT molecular complexity index is 111.